The number of esters is 1. The second kappa shape index (κ2) is 7.72. The smallest absolute Gasteiger partial charge is 0.389 e. The molecular weight excluding hydrogens is 425 g/mol. The van der Waals surface area contributed by atoms with Crippen LogP contribution in [0.5, 0.6) is 0 Å². The summed E-state index contributed by atoms with van der Waals surface area (Å²) in [6.07, 6.45) is -3.62. The Morgan fingerprint density at radius 1 is 1.22 bits per heavy atom. The van der Waals surface area contributed by atoms with Gasteiger partial charge in [0.15, 0.2) is 0 Å². The summed E-state index contributed by atoms with van der Waals surface area (Å²) in [7, 11) is 1.27. The van der Waals surface area contributed by atoms with Crippen molar-refractivity contribution in [3.05, 3.63) is 64.3 Å². The van der Waals surface area contributed by atoms with Crippen LogP contribution in [-0.2, 0) is 4.74 Å². The van der Waals surface area contributed by atoms with Gasteiger partial charge in [0.1, 0.15) is 0 Å². The largest absolute Gasteiger partial charge is 0.465 e. The summed E-state index contributed by atoms with van der Waals surface area (Å²) < 4.78 is 45.5. The van der Waals surface area contributed by atoms with E-state index in [-0.39, 0.29) is 6.42 Å². The maximum absolute atomic E-state index is 12.8. The fourth-order valence-electron chi connectivity index (χ4n) is 2.89. The van der Waals surface area contributed by atoms with E-state index in [9.17, 15) is 18.0 Å². The van der Waals surface area contributed by atoms with Crippen molar-refractivity contribution in [2.24, 2.45) is 0 Å². The van der Waals surface area contributed by atoms with Gasteiger partial charge in [-0.05, 0) is 42.3 Å². The van der Waals surface area contributed by atoms with E-state index in [0.29, 0.717) is 16.6 Å². The van der Waals surface area contributed by atoms with Crippen LogP contribution in [0.2, 0.25) is 0 Å². The Morgan fingerprint density at radius 2 is 1.93 bits per heavy atom. The summed E-state index contributed by atoms with van der Waals surface area (Å²) in [5.74, 6) is -0.497. The van der Waals surface area contributed by atoms with E-state index in [1.807, 2.05) is 12.1 Å². The van der Waals surface area contributed by atoms with Gasteiger partial charge in [0.25, 0.3) is 0 Å². The zero-order chi connectivity index (χ0) is 19.6. The average Bonchev–Trinajstić information content (AvgIpc) is 3.03. The number of hydrogen-bond donors (Lipinski definition) is 0. The third-order valence-electron chi connectivity index (χ3n) is 4.22. The van der Waals surface area contributed by atoms with E-state index in [0.717, 1.165) is 9.86 Å². The van der Waals surface area contributed by atoms with Crippen LogP contribution in [0.25, 0.3) is 10.9 Å². The van der Waals surface area contributed by atoms with Crippen LogP contribution in [0.4, 0.5) is 13.2 Å². The highest BCUT2D eigenvalue weighted by atomic mass is 79.9. The van der Waals surface area contributed by atoms with Crippen molar-refractivity contribution in [1.29, 1.82) is 0 Å². The number of fused-ring (bicyclic) bond motifs is 1. The number of hydrogen-bond acceptors (Lipinski definition) is 3. The highest BCUT2D eigenvalue weighted by molar-refractivity contribution is 9.10. The summed E-state index contributed by atoms with van der Waals surface area (Å²) in [6.45, 7) is 0. The fourth-order valence-corrected chi connectivity index (χ4v) is 3.27. The lowest BCUT2D eigenvalue weighted by molar-refractivity contribution is -0.136. The van der Waals surface area contributed by atoms with Gasteiger partial charge in [-0.1, -0.05) is 28.1 Å². The summed E-state index contributed by atoms with van der Waals surface area (Å²) >= 11 is 3.38. The standard InChI is InChI=1S/C19H16BrF3N2O2/c1-27-18(26)13-4-2-12(3-5-13)17(8-9-19(21,22)23)25-11-14-10-15(20)6-7-16(14)24-25/h2-7,10-11,17H,8-9H2,1H3. The van der Waals surface area contributed by atoms with E-state index >= 15 is 0 Å². The van der Waals surface area contributed by atoms with Crippen LogP contribution in [0.1, 0.15) is 34.8 Å². The minimum absolute atomic E-state index is 0.157. The van der Waals surface area contributed by atoms with E-state index in [1.54, 1.807) is 41.2 Å². The second-order valence-electron chi connectivity index (χ2n) is 6.10. The van der Waals surface area contributed by atoms with Crippen LogP contribution in [0.3, 0.4) is 0 Å². The van der Waals surface area contributed by atoms with Gasteiger partial charge in [-0.15, -0.1) is 0 Å². The molecule has 142 valence electrons. The van der Waals surface area contributed by atoms with Crippen molar-refractivity contribution < 1.29 is 22.7 Å². The van der Waals surface area contributed by atoms with Gasteiger partial charge in [-0.3, -0.25) is 4.68 Å². The summed E-state index contributed by atoms with van der Waals surface area (Å²) in [4.78, 5) is 11.6. The minimum atomic E-state index is -4.26. The first kappa shape index (κ1) is 19.4. The molecule has 0 aliphatic rings. The van der Waals surface area contributed by atoms with Crippen molar-refractivity contribution in [2.45, 2.75) is 25.1 Å². The third-order valence-corrected chi connectivity index (χ3v) is 4.71. The number of benzene rings is 2. The lowest BCUT2D eigenvalue weighted by Crippen LogP contribution is -2.16. The Balaban J connectivity index is 1.97. The molecule has 1 atom stereocenters. The molecule has 0 N–H and O–H groups in total. The van der Waals surface area contributed by atoms with Gasteiger partial charge in [-0.25, -0.2) is 4.79 Å². The number of carbonyl (C=O) groups excluding carboxylic acids is 1. The van der Waals surface area contributed by atoms with Gasteiger partial charge in [0, 0.05) is 22.5 Å². The molecule has 3 aromatic rings. The predicted molar refractivity (Wildman–Crippen MR) is 98.6 cm³/mol. The molecular formula is C19H16BrF3N2O2. The van der Waals surface area contributed by atoms with E-state index < -0.39 is 24.6 Å². The molecule has 0 aliphatic carbocycles. The van der Waals surface area contributed by atoms with Crippen LogP contribution in [0.15, 0.2) is 53.1 Å². The number of nitrogens with zero attached hydrogens (tertiary/aromatic N) is 2. The SMILES string of the molecule is COC(=O)c1ccc(C(CCC(F)(F)F)n2cc3cc(Br)ccc3n2)cc1. The Morgan fingerprint density at radius 3 is 2.56 bits per heavy atom. The number of rotatable bonds is 5. The van der Waals surface area contributed by atoms with Crippen LogP contribution < -0.4 is 0 Å². The van der Waals surface area contributed by atoms with Gasteiger partial charge in [0.2, 0.25) is 0 Å². The van der Waals surface area contributed by atoms with E-state index in [4.69, 9.17) is 0 Å². The molecule has 2 aromatic carbocycles. The predicted octanol–water partition coefficient (Wildman–Crippen LogP) is 5.52. The first-order valence-corrected chi connectivity index (χ1v) is 8.95. The topological polar surface area (TPSA) is 44.1 Å². The number of aromatic nitrogens is 2. The Bertz CT molecular complexity index is 952. The van der Waals surface area contributed by atoms with Crippen LogP contribution >= 0.6 is 15.9 Å². The summed E-state index contributed by atoms with van der Waals surface area (Å²) in [5.41, 5.74) is 1.67. The summed E-state index contributed by atoms with van der Waals surface area (Å²) in [6, 6.07) is 11.2. The van der Waals surface area contributed by atoms with E-state index in [1.165, 1.54) is 7.11 Å². The third kappa shape index (κ3) is 4.68. The lowest BCUT2D eigenvalue weighted by atomic mass is 10.0. The maximum Gasteiger partial charge on any atom is 0.389 e. The highest BCUT2D eigenvalue weighted by Gasteiger charge is 2.29. The van der Waals surface area contributed by atoms with Crippen LogP contribution in [-0.4, -0.2) is 29.0 Å². The molecule has 27 heavy (non-hydrogen) atoms. The lowest BCUT2D eigenvalue weighted by Gasteiger charge is -2.19. The van der Waals surface area contributed by atoms with E-state index in [2.05, 4.69) is 25.8 Å². The van der Waals surface area contributed by atoms with Gasteiger partial charge in [-0.2, -0.15) is 18.3 Å². The Kier molecular flexibility index (Phi) is 5.55. The average molecular weight is 441 g/mol. The van der Waals surface area contributed by atoms with Crippen molar-refractivity contribution in [2.75, 3.05) is 7.11 Å². The molecule has 0 amide bonds. The molecule has 8 heteroatoms. The number of carbonyl (C=O) groups is 1. The Labute approximate surface area is 162 Å². The van der Waals surface area contributed by atoms with Gasteiger partial charge in [0.05, 0.1) is 24.2 Å². The van der Waals surface area contributed by atoms with Gasteiger partial charge >= 0.3 is 12.1 Å². The minimum Gasteiger partial charge on any atom is -0.465 e. The normalized spacial score (nSPS) is 12.9. The quantitative estimate of drug-likeness (QED) is 0.490. The van der Waals surface area contributed by atoms with Crippen molar-refractivity contribution in [1.82, 2.24) is 9.78 Å². The first-order chi connectivity index (χ1) is 12.8. The molecule has 1 aromatic heterocycles. The number of ether oxygens (including phenoxy) is 1. The molecule has 3 rings (SSSR count). The molecule has 0 aliphatic heterocycles. The first-order valence-electron chi connectivity index (χ1n) is 8.16. The molecule has 1 unspecified atom stereocenters. The molecule has 0 fully saturated rings. The zero-order valence-electron chi connectivity index (χ0n) is 14.3. The fraction of sp³-hybridized carbons (Fsp3) is 0.263. The van der Waals surface area contributed by atoms with Crippen molar-refractivity contribution in [3.63, 3.8) is 0 Å². The van der Waals surface area contributed by atoms with Crippen molar-refractivity contribution >= 4 is 32.8 Å². The maximum atomic E-state index is 12.8. The molecule has 0 saturated carbocycles. The monoisotopic (exact) mass is 440 g/mol. The highest BCUT2D eigenvalue weighted by Crippen LogP contribution is 2.31. The zero-order valence-corrected chi connectivity index (χ0v) is 15.9. The molecule has 0 spiro atoms. The molecule has 0 saturated heterocycles. The Hall–Kier alpha value is -2.35. The number of halogens is 4. The molecule has 1 heterocycles. The summed E-state index contributed by atoms with van der Waals surface area (Å²) in [5, 5.41) is 5.27. The number of methoxy groups -OCH3 is 1. The van der Waals surface area contributed by atoms with Gasteiger partial charge < -0.3 is 4.74 Å². The molecule has 0 bridgehead atoms. The number of alkyl halides is 3. The molecule has 0 radical (unpaired) electrons. The second-order valence-corrected chi connectivity index (χ2v) is 7.01. The molecule has 4 nitrogen and oxygen atoms in total. The van der Waals surface area contributed by atoms with Crippen LogP contribution in [0, 0.1) is 0 Å². The van der Waals surface area contributed by atoms with Crippen molar-refractivity contribution in [3.8, 4) is 0 Å².